The van der Waals surface area contributed by atoms with Gasteiger partial charge in [-0.2, -0.15) is 0 Å². The molecule has 4 aromatic rings. The molecule has 136 valence electrons. The predicted molar refractivity (Wildman–Crippen MR) is 117 cm³/mol. The lowest BCUT2D eigenvalue weighted by Gasteiger charge is -2.01. The summed E-state index contributed by atoms with van der Waals surface area (Å²) in [7, 11) is 0. The number of phenols is 1. The fourth-order valence-electron chi connectivity index (χ4n) is 2.83. The van der Waals surface area contributed by atoms with E-state index in [0.29, 0.717) is 10.6 Å². The van der Waals surface area contributed by atoms with E-state index in [0.717, 1.165) is 27.8 Å². The number of para-hydroxylation sites is 1. The molecule has 0 aliphatic heterocycles. The summed E-state index contributed by atoms with van der Waals surface area (Å²) in [6.45, 7) is 0. The van der Waals surface area contributed by atoms with E-state index >= 15 is 0 Å². The van der Waals surface area contributed by atoms with Crippen LogP contribution in [-0.4, -0.2) is 16.3 Å². The molecule has 0 atom stereocenters. The van der Waals surface area contributed by atoms with E-state index in [-0.39, 0.29) is 5.75 Å². The standard InChI is InChI=1S/C24H17ClN2O/c25-20-11-9-18-10-13-21(27-23(18)15-20)12-8-17-4-3-6-22(14-17)26-16-19-5-1-2-7-24(19)28/h1-16,28H. The highest BCUT2D eigenvalue weighted by atomic mass is 35.5. The van der Waals surface area contributed by atoms with Crippen LogP contribution in [-0.2, 0) is 0 Å². The molecule has 0 saturated carbocycles. The summed E-state index contributed by atoms with van der Waals surface area (Å²) < 4.78 is 0. The first-order valence-corrected chi connectivity index (χ1v) is 9.22. The molecular formula is C24H17ClN2O. The first-order valence-electron chi connectivity index (χ1n) is 8.84. The number of rotatable bonds is 4. The highest BCUT2D eigenvalue weighted by Gasteiger charge is 1.99. The lowest BCUT2D eigenvalue weighted by molar-refractivity contribution is 0.474. The van der Waals surface area contributed by atoms with Gasteiger partial charge in [0.1, 0.15) is 5.75 Å². The molecule has 4 heteroatoms. The summed E-state index contributed by atoms with van der Waals surface area (Å²) >= 11 is 6.06. The number of benzene rings is 3. The number of aliphatic imine (C=N–C) groups is 1. The quantitative estimate of drug-likeness (QED) is 0.407. The van der Waals surface area contributed by atoms with E-state index in [4.69, 9.17) is 11.6 Å². The number of aromatic hydroxyl groups is 1. The van der Waals surface area contributed by atoms with E-state index in [9.17, 15) is 5.11 Å². The minimum Gasteiger partial charge on any atom is -0.507 e. The van der Waals surface area contributed by atoms with Gasteiger partial charge >= 0.3 is 0 Å². The van der Waals surface area contributed by atoms with Crippen molar-refractivity contribution in [1.82, 2.24) is 4.98 Å². The molecule has 0 amide bonds. The molecule has 0 fully saturated rings. The second-order valence-electron chi connectivity index (χ2n) is 6.32. The van der Waals surface area contributed by atoms with E-state index in [2.05, 4.69) is 9.98 Å². The van der Waals surface area contributed by atoms with Gasteiger partial charge in [0, 0.05) is 22.2 Å². The van der Waals surface area contributed by atoms with Gasteiger partial charge in [-0.25, -0.2) is 4.98 Å². The minimum atomic E-state index is 0.213. The predicted octanol–water partition coefficient (Wildman–Crippen LogP) is 6.51. The second kappa shape index (κ2) is 8.07. The monoisotopic (exact) mass is 384 g/mol. The normalized spacial score (nSPS) is 11.6. The second-order valence-corrected chi connectivity index (χ2v) is 6.75. The summed E-state index contributed by atoms with van der Waals surface area (Å²) in [5.74, 6) is 0.213. The highest BCUT2D eigenvalue weighted by Crippen LogP contribution is 2.20. The van der Waals surface area contributed by atoms with Crippen molar-refractivity contribution in [2.45, 2.75) is 0 Å². The number of hydrogen-bond acceptors (Lipinski definition) is 3. The molecule has 0 unspecified atom stereocenters. The Kier molecular flexibility index (Phi) is 5.18. The molecule has 0 spiro atoms. The third-order valence-corrected chi connectivity index (χ3v) is 4.52. The smallest absolute Gasteiger partial charge is 0.124 e. The van der Waals surface area contributed by atoms with Crippen molar-refractivity contribution in [2.24, 2.45) is 4.99 Å². The van der Waals surface area contributed by atoms with Crippen LogP contribution in [0, 0.1) is 0 Å². The molecule has 1 N–H and O–H groups in total. The number of hydrogen-bond donors (Lipinski definition) is 1. The van der Waals surface area contributed by atoms with Gasteiger partial charge in [-0.05, 0) is 54.1 Å². The van der Waals surface area contributed by atoms with E-state index in [1.54, 1.807) is 18.3 Å². The first kappa shape index (κ1) is 18.0. The van der Waals surface area contributed by atoms with Crippen molar-refractivity contribution in [2.75, 3.05) is 0 Å². The van der Waals surface area contributed by atoms with Crippen LogP contribution in [0.15, 0.2) is 83.9 Å². The van der Waals surface area contributed by atoms with Crippen LogP contribution in [0.3, 0.4) is 0 Å². The largest absolute Gasteiger partial charge is 0.507 e. The first-order chi connectivity index (χ1) is 13.7. The van der Waals surface area contributed by atoms with Crippen molar-refractivity contribution in [3.05, 3.63) is 101 Å². The Hall–Kier alpha value is -3.43. The van der Waals surface area contributed by atoms with Crippen LogP contribution in [0.4, 0.5) is 5.69 Å². The Balaban J connectivity index is 1.55. The van der Waals surface area contributed by atoms with E-state index < -0.39 is 0 Å². The summed E-state index contributed by atoms with van der Waals surface area (Å²) in [5.41, 5.74) is 4.24. The topological polar surface area (TPSA) is 45.5 Å². The molecule has 0 aliphatic rings. The van der Waals surface area contributed by atoms with Crippen LogP contribution in [0.25, 0.3) is 23.1 Å². The summed E-state index contributed by atoms with van der Waals surface area (Å²) in [4.78, 5) is 9.09. The maximum Gasteiger partial charge on any atom is 0.124 e. The number of pyridine rings is 1. The number of nitrogens with zero attached hydrogens (tertiary/aromatic N) is 2. The third kappa shape index (κ3) is 4.27. The molecule has 1 heterocycles. The number of halogens is 1. The van der Waals surface area contributed by atoms with Crippen molar-refractivity contribution in [1.29, 1.82) is 0 Å². The highest BCUT2D eigenvalue weighted by molar-refractivity contribution is 6.31. The van der Waals surface area contributed by atoms with Crippen molar-refractivity contribution < 1.29 is 5.11 Å². The molecular weight excluding hydrogens is 368 g/mol. The van der Waals surface area contributed by atoms with Gasteiger partial charge in [-0.15, -0.1) is 0 Å². The molecule has 3 nitrogen and oxygen atoms in total. The molecule has 0 saturated heterocycles. The van der Waals surface area contributed by atoms with Gasteiger partial charge < -0.3 is 5.11 Å². The van der Waals surface area contributed by atoms with E-state index in [1.165, 1.54) is 0 Å². The Morgan fingerprint density at radius 3 is 2.61 bits per heavy atom. The van der Waals surface area contributed by atoms with Crippen molar-refractivity contribution in [3.63, 3.8) is 0 Å². The Labute approximate surface area is 168 Å². The average Bonchev–Trinajstić information content (AvgIpc) is 2.71. The van der Waals surface area contributed by atoms with Gasteiger partial charge in [0.15, 0.2) is 0 Å². The molecule has 0 radical (unpaired) electrons. The van der Waals surface area contributed by atoms with Crippen LogP contribution < -0.4 is 0 Å². The van der Waals surface area contributed by atoms with Gasteiger partial charge in [0.05, 0.1) is 16.9 Å². The van der Waals surface area contributed by atoms with Gasteiger partial charge in [-0.3, -0.25) is 4.99 Å². The molecule has 1 aromatic heterocycles. The zero-order valence-corrected chi connectivity index (χ0v) is 15.7. The molecule has 3 aromatic carbocycles. The minimum absolute atomic E-state index is 0.213. The summed E-state index contributed by atoms with van der Waals surface area (Å²) in [6.07, 6.45) is 5.62. The third-order valence-electron chi connectivity index (χ3n) is 4.28. The van der Waals surface area contributed by atoms with Gasteiger partial charge in [-0.1, -0.05) is 54.1 Å². The van der Waals surface area contributed by atoms with Crippen LogP contribution in [0.1, 0.15) is 16.8 Å². The van der Waals surface area contributed by atoms with Gasteiger partial charge in [0.25, 0.3) is 0 Å². The van der Waals surface area contributed by atoms with Crippen LogP contribution >= 0.6 is 11.6 Å². The average molecular weight is 385 g/mol. The fraction of sp³-hybridized carbons (Fsp3) is 0. The number of phenolic OH excluding ortho intramolecular Hbond substituents is 1. The lowest BCUT2D eigenvalue weighted by Crippen LogP contribution is -1.83. The zero-order chi connectivity index (χ0) is 19.3. The maximum absolute atomic E-state index is 9.83. The molecule has 0 bridgehead atoms. The van der Waals surface area contributed by atoms with Crippen molar-refractivity contribution >= 4 is 46.6 Å². The lowest BCUT2D eigenvalue weighted by atomic mass is 10.1. The Morgan fingerprint density at radius 1 is 0.857 bits per heavy atom. The Morgan fingerprint density at radius 2 is 1.71 bits per heavy atom. The molecule has 4 rings (SSSR count). The van der Waals surface area contributed by atoms with Gasteiger partial charge in [0.2, 0.25) is 0 Å². The summed E-state index contributed by atoms with van der Waals surface area (Å²) in [5, 5.41) is 11.6. The van der Waals surface area contributed by atoms with E-state index in [1.807, 2.05) is 78.9 Å². The van der Waals surface area contributed by atoms with Crippen molar-refractivity contribution in [3.8, 4) is 5.75 Å². The zero-order valence-electron chi connectivity index (χ0n) is 15.0. The fourth-order valence-corrected chi connectivity index (χ4v) is 3.00. The molecule has 28 heavy (non-hydrogen) atoms. The summed E-state index contributed by atoms with van der Waals surface area (Å²) in [6, 6.07) is 24.7. The van der Waals surface area contributed by atoms with Crippen LogP contribution in [0.2, 0.25) is 5.02 Å². The number of aromatic nitrogens is 1. The Bertz CT molecular complexity index is 1200. The van der Waals surface area contributed by atoms with Crippen LogP contribution in [0.5, 0.6) is 5.75 Å². The SMILES string of the molecule is Oc1ccccc1C=Nc1cccc(C=Cc2ccc3ccc(Cl)cc3n2)c1. The maximum atomic E-state index is 9.83. The molecule has 0 aliphatic carbocycles. The number of fused-ring (bicyclic) bond motifs is 1.